The van der Waals surface area contributed by atoms with Crippen LogP contribution >= 0.6 is 0 Å². The van der Waals surface area contributed by atoms with Crippen molar-refractivity contribution in [1.29, 1.82) is 0 Å². The van der Waals surface area contributed by atoms with Crippen LogP contribution in [0.2, 0.25) is 0 Å². The van der Waals surface area contributed by atoms with E-state index in [-0.39, 0.29) is 17.8 Å². The van der Waals surface area contributed by atoms with Crippen LogP contribution in [0.1, 0.15) is 34.5 Å². The number of ether oxygens (including phenoxy) is 1. The monoisotopic (exact) mass is 371 g/mol. The van der Waals surface area contributed by atoms with Crippen LogP contribution < -0.4 is 10.1 Å². The van der Waals surface area contributed by atoms with E-state index in [1.54, 1.807) is 25.3 Å². The maximum Gasteiger partial charge on any atom is 0.272 e. The predicted octanol–water partition coefficient (Wildman–Crippen LogP) is 4.07. The highest BCUT2D eigenvalue weighted by atomic mass is 19.3. The van der Waals surface area contributed by atoms with E-state index in [0.717, 1.165) is 10.9 Å². The van der Waals surface area contributed by atoms with Gasteiger partial charge in [0.2, 0.25) is 5.88 Å². The zero-order chi connectivity index (χ0) is 19.4. The Morgan fingerprint density at radius 2 is 2.00 bits per heavy atom. The summed E-state index contributed by atoms with van der Waals surface area (Å²) in [5.41, 5.74) is 2.50. The fourth-order valence-electron chi connectivity index (χ4n) is 2.76. The van der Waals surface area contributed by atoms with Crippen molar-refractivity contribution in [3.05, 3.63) is 65.5 Å². The quantitative estimate of drug-likeness (QED) is 0.709. The lowest BCUT2D eigenvalue weighted by Crippen LogP contribution is -2.27. The normalized spacial score (nSPS) is 12.2. The summed E-state index contributed by atoms with van der Waals surface area (Å²) >= 11 is 0. The molecule has 0 aliphatic rings. The van der Waals surface area contributed by atoms with Crippen LogP contribution in [0.15, 0.2) is 48.8 Å². The van der Waals surface area contributed by atoms with Crippen molar-refractivity contribution in [2.75, 3.05) is 6.61 Å². The highest BCUT2D eigenvalue weighted by Gasteiger charge is 2.16. The summed E-state index contributed by atoms with van der Waals surface area (Å²) in [6.45, 7) is 2.85. The van der Waals surface area contributed by atoms with Crippen molar-refractivity contribution >= 4 is 16.8 Å². The number of nitrogens with one attached hydrogen (secondary N) is 1. The molecule has 1 amide bonds. The SMILES string of the molecule is Cc1cc(C(C)NC(=O)c2cccc3cccnc23)cnc1OCC(F)F. The lowest BCUT2D eigenvalue weighted by Gasteiger charge is -2.16. The van der Waals surface area contributed by atoms with Gasteiger partial charge in [0, 0.05) is 23.3 Å². The molecule has 5 nitrogen and oxygen atoms in total. The Morgan fingerprint density at radius 3 is 2.74 bits per heavy atom. The smallest absolute Gasteiger partial charge is 0.272 e. The highest BCUT2D eigenvalue weighted by molar-refractivity contribution is 6.05. The number of aromatic nitrogens is 2. The van der Waals surface area contributed by atoms with Crippen LogP contribution in [-0.4, -0.2) is 28.9 Å². The fourth-order valence-corrected chi connectivity index (χ4v) is 2.76. The van der Waals surface area contributed by atoms with Gasteiger partial charge in [0.05, 0.1) is 17.1 Å². The number of hydrogen-bond acceptors (Lipinski definition) is 4. The molecule has 0 aliphatic carbocycles. The van der Waals surface area contributed by atoms with Gasteiger partial charge in [-0.1, -0.05) is 18.2 Å². The first-order chi connectivity index (χ1) is 13.0. The van der Waals surface area contributed by atoms with Gasteiger partial charge in [-0.25, -0.2) is 13.8 Å². The van der Waals surface area contributed by atoms with E-state index >= 15 is 0 Å². The number of rotatable bonds is 6. The first kappa shape index (κ1) is 18.7. The van der Waals surface area contributed by atoms with Crippen molar-refractivity contribution in [1.82, 2.24) is 15.3 Å². The maximum atomic E-state index is 12.7. The van der Waals surface area contributed by atoms with Gasteiger partial charge in [-0.2, -0.15) is 0 Å². The van der Waals surface area contributed by atoms with Gasteiger partial charge in [-0.3, -0.25) is 9.78 Å². The predicted molar refractivity (Wildman–Crippen MR) is 98.1 cm³/mol. The van der Waals surface area contributed by atoms with Crippen LogP contribution in [-0.2, 0) is 0 Å². The zero-order valence-electron chi connectivity index (χ0n) is 14.9. The Bertz CT molecular complexity index is 958. The molecular weight excluding hydrogens is 352 g/mol. The zero-order valence-corrected chi connectivity index (χ0v) is 14.9. The van der Waals surface area contributed by atoms with Crippen molar-refractivity contribution in [3.8, 4) is 5.88 Å². The number of para-hydroxylation sites is 1. The number of aryl methyl sites for hydroxylation is 1. The van der Waals surface area contributed by atoms with E-state index in [2.05, 4.69) is 15.3 Å². The summed E-state index contributed by atoms with van der Waals surface area (Å²) < 4.78 is 29.5. The van der Waals surface area contributed by atoms with Crippen molar-refractivity contribution in [2.24, 2.45) is 0 Å². The number of fused-ring (bicyclic) bond motifs is 1. The molecule has 1 N–H and O–H groups in total. The molecule has 0 saturated heterocycles. The molecule has 3 aromatic rings. The van der Waals surface area contributed by atoms with Crippen LogP contribution in [0.4, 0.5) is 8.78 Å². The molecule has 0 radical (unpaired) electrons. The molecule has 1 unspecified atom stereocenters. The summed E-state index contributed by atoms with van der Waals surface area (Å²) in [5.74, 6) is -0.0849. The molecule has 0 bridgehead atoms. The Morgan fingerprint density at radius 1 is 1.22 bits per heavy atom. The number of amides is 1. The maximum absolute atomic E-state index is 12.7. The largest absolute Gasteiger partial charge is 0.471 e. The Kier molecular flexibility index (Phi) is 5.59. The Labute approximate surface area is 155 Å². The minimum absolute atomic E-state index is 0.163. The number of carbonyl (C=O) groups excluding carboxylic acids is 1. The summed E-state index contributed by atoms with van der Waals surface area (Å²) in [6, 6.07) is 10.6. The van der Waals surface area contributed by atoms with Gasteiger partial charge in [-0.15, -0.1) is 0 Å². The number of hydrogen-bond donors (Lipinski definition) is 1. The number of nitrogens with zero attached hydrogens (tertiary/aromatic N) is 2. The van der Waals surface area contributed by atoms with Gasteiger partial charge in [-0.05, 0) is 37.6 Å². The molecule has 0 fully saturated rings. The summed E-state index contributed by atoms with van der Waals surface area (Å²) in [6.07, 6.45) is 0.604. The van der Waals surface area contributed by atoms with Gasteiger partial charge < -0.3 is 10.1 Å². The average molecular weight is 371 g/mol. The van der Waals surface area contributed by atoms with Gasteiger partial charge >= 0.3 is 0 Å². The second-order valence-corrected chi connectivity index (χ2v) is 6.17. The molecule has 3 rings (SSSR count). The van der Waals surface area contributed by atoms with Gasteiger partial charge in [0.25, 0.3) is 12.3 Å². The van der Waals surface area contributed by atoms with Crippen molar-refractivity contribution in [2.45, 2.75) is 26.3 Å². The molecule has 0 spiro atoms. The second kappa shape index (κ2) is 8.07. The third kappa shape index (κ3) is 4.36. The molecule has 0 saturated carbocycles. The topological polar surface area (TPSA) is 64.1 Å². The number of halogens is 2. The van der Waals surface area contributed by atoms with Gasteiger partial charge in [0.1, 0.15) is 0 Å². The molecule has 7 heteroatoms. The molecule has 2 heterocycles. The van der Waals surface area contributed by atoms with Gasteiger partial charge in [0.15, 0.2) is 6.61 Å². The van der Waals surface area contributed by atoms with Crippen molar-refractivity contribution in [3.63, 3.8) is 0 Å². The van der Waals surface area contributed by atoms with E-state index in [9.17, 15) is 13.6 Å². The third-order valence-corrected chi connectivity index (χ3v) is 4.12. The van der Waals surface area contributed by atoms with E-state index in [1.165, 1.54) is 6.20 Å². The van der Waals surface area contributed by atoms with E-state index in [4.69, 9.17) is 4.74 Å². The van der Waals surface area contributed by atoms with Crippen LogP contribution in [0, 0.1) is 6.92 Å². The lowest BCUT2D eigenvalue weighted by atomic mass is 10.1. The number of pyridine rings is 2. The summed E-state index contributed by atoms with van der Waals surface area (Å²) in [7, 11) is 0. The number of alkyl halides is 2. The molecule has 27 heavy (non-hydrogen) atoms. The molecule has 2 aromatic heterocycles. The van der Waals surface area contributed by atoms with Crippen LogP contribution in [0.3, 0.4) is 0 Å². The van der Waals surface area contributed by atoms with Crippen LogP contribution in [0.25, 0.3) is 10.9 Å². The lowest BCUT2D eigenvalue weighted by molar-refractivity contribution is 0.0791. The molecule has 140 valence electrons. The number of carbonyl (C=O) groups is 1. The highest BCUT2D eigenvalue weighted by Crippen LogP contribution is 2.22. The fraction of sp³-hybridized carbons (Fsp3) is 0.250. The minimum Gasteiger partial charge on any atom is -0.471 e. The molecule has 1 aromatic carbocycles. The molecule has 0 aliphatic heterocycles. The summed E-state index contributed by atoms with van der Waals surface area (Å²) in [4.78, 5) is 21.1. The Balaban J connectivity index is 1.75. The standard InChI is InChI=1S/C20H19F2N3O2/c1-12-9-15(10-24-20(12)27-11-17(21)22)13(2)25-19(26)16-7-3-5-14-6-4-8-23-18(14)16/h3-10,13,17H,11H2,1-2H3,(H,25,26). The molecular formula is C20H19F2N3O2. The van der Waals surface area contributed by atoms with E-state index in [1.807, 2.05) is 31.2 Å². The Hall–Kier alpha value is -3.09. The average Bonchev–Trinajstić information content (AvgIpc) is 2.66. The second-order valence-electron chi connectivity index (χ2n) is 6.17. The molecule has 1 atom stereocenters. The first-order valence-corrected chi connectivity index (χ1v) is 8.48. The summed E-state index contributed by atoms with van der Waals surface area (Å²) in [5, 5.41) is 3.81. The van der Waals surface area contributed by atoms with E-state index < -0.39 is 13.0 Å². The van der Waals surface area contributed by atoms with E-state index in [0.29, 0.717) is 16.6 Å². The minimum atomic E-state index is -2.56. The first-order valence-electron chi connectivity index (χ1n) is 8.48. The van der Waals surface area contributed by atoms with Crippen LogP contribution in [0.5, 0.6) is 5.88 Å². The number of benzene rings is 1. The van der Waals surface area contributed by atoms with Crippen molar-refractivity contribution < 1.29 is 18.3 Å². The third-order valence-electron chi connectivity index (χ3n) is 4.12.